The molecule has 1 aliphatic rings. The second kappa shape index (κ2) is 30.3. The fraction of sp³-hybridized carbons (Fsp3) is 0.816. The van der Waals surface area contributed by atoms with Crippen molar-refractivity contribution in [2.24, 2.45) is 5.92 Å². The molecule has 0 spiro atoms. The quantitative estimate of drug-likeness (QED) is 0.0359. The standard InChI is InChI=1S/C49H96O6Si4/c1-15-32-44(52-56(16-2,17-3)18-4)33-28-34-45(53-57(19-5,20-6)21-7)35-29-36-46(54-58(22-8,23-9)24-10)37-30-38-47(55-59(25-11,26-12)27-13)39-31-40-48-41-43(14)42-49(50)51-48/h15,28-30,33,35,37,43-48H,1,16-27,31-32,34,36,38-42H2,2-14H3/b33-28-,35-29+,37-30+/t43-,44-,45-,46-,47-,48-/m0/s1. The molecular weight excluding hydrogens is 797 g/mol. The summed E-state index contributed by atoms with van der Waals surface area (Å²) in [5.41, 5.74) is 0. The molecule has 0 radical (unpaired) electrons. The fourth-order valence-electron chi connectivity index (χ4n) is 9.16. The molecule has 1 aliphatic heterocycles. The summed E-state index contributed by atoms with van der Waals surface area (Å²) in [6.45, 7) is 34.0. The Morgan fingerprint density at radius 1 is 0.576 bits per heavy atom. The van der Waals surface area contributed by atoms with Crippen molar-refractivity contribution in [3.05, 3.63) is 49.1 Å². The second-order valence-corrected chi connectivity index (χ2v) is 36.7. The van der Waals surface area contributed by atoms with Crippen molar-refractivity contribution in [3.8, 4) is 0 Å². The molecule has 0 aromatic heterocycles. The first kappa shape index (κ1) is 56.2. The Kier molecular flexibility index (Phi) is 28.8. The lowest BCUT2D eigenvalue weighted by molar-refractivity contribution is -0.156. The molecule has 0 N–H and O–H groups in total. The minimum atomic E-state index is -1.87. The molecule has 6 nitrogen and oxygen atoms in total. The van der Waals surface area contributed by atoms with Crippen LogP contribution in [0.15, 0.2) is 49.1 Å². The van der Waals surface area contributed by atoms with E-state index in [1.807, 2.05) is 6.08 Å². The molecule has 0 unspecified atom stereocenters. The number of carbonyl (C=O) groups is 1. The van der Waals surface area contributed by atoms with E-state index in [1.165, 1.54) is 0 Å². The maximum Gasteiger partial charge on any atom is 0.306 e. The smallest absolute Gasteiger partial charge is 0.306 e. The molecule has 1 fully saturated rings. The third-order valence-corrected chi connectivity index (χ3v) is 33.2. The van der Waals surface area contributed by atoms with E-state index in [0.29, 0.717) is 12.3 Å². The molecule has 0 aromatic carbocycles. The molecule has 6 atom stereocenters. The summed E-state index contributed by atoms with van der Waals surface area (Å²) in [7, 11) is -7.28. The van der Waals surface area contributed by atoms with Crippen LogP contribution in [0.2, 0.25) is 72.5 Å². The highest BCUT2D eigenvalue weighted by Crippen LogP contribution is 2.31. The van der Waals surface area contributed by atoms with Crippen LogP contribution in [0.5, 0.6) is 0 Å². The van der Waals surface area contributed by atoms with Crippen LogP contribution in [0.4, 0.5) is 0 Å². The van der Waals surface area contributed by atoms with E-state index in [4.69, 9.17) is 22.4 Å². The molecule has 0 bridgehead atoms. The summed E-state index contributed by atoms with van der Waals surface area (Å²) in [6, 6.07) is 13.6. The van der Waals surface area contributed by atoms with Gasteiger partial charge in [0.1, 0.15) is 6.10 Å². The highest BCUT2D eigenvalue weighted by Gasteiger charge is 2.35. The molecule has 1 heterocycles. The van der Waals surface area contributed by atoms with Gasteiger partial charge in [0.05, 0.1) is 18.3 Å². The predicted molar refractivity (Wildman–Crippen MR) is 266 cm³/mol. The van der Waals surface area contributed by atoms with Crippen LogP contribution < -0.4 is 0 Å². The minimum Gasteiger partial charge on any atom is -0.462 e. The average Bonchev–Trinajstić information content (AvgIpc) is 3.25. The van der Waals surface area contributed by atoms with Crippen molar-refractivity contribution in [3.63, 3.8) is 0 Å². The highest BCUT2D eigenvalue weighted by molar-refractivity contribution is 6.74. The van der Waals surface area contributed by atoms with E-state index in [2.05, 4.69) is 133 Å². The minimum absolute atomic E-state index is 0.0226. The van der Waals surface area contributed by atoms with Crippen molar-refractivity contribution >= 4 is 39.2 Å². The number of hydrogen-bond acceptors (Lipinski definition) is 6. The largest absolute Gasteiger partial charge is 0.462 e. The van der Waals surface area contributed by atoms with E-state index in [0.717, 1.165) is 124 Å². The molecular formula is C49H96O6Si4. The lowest BCUT2D eigenvalue weighted by Crippen LogP contribution is -2.40. The van der Waals surface area contributed by atoms with Gasteiger partial charge in [0.2, 0.25) is 0 Å². The average molecular weight is 894 g/mol. The third kappa shape index (κ3) is 19.6. The van der Waals surface area contributed by atoms with Crippen molar-refractivity contribution < 1.29 is 27.2 Å². The van der Waals surface area contributed by atoms with Crippen LogP contribution in [-0.2, 0) is 27.2 Å². The van der Waals surface area contributed by atoms with Crippen molar-refractivity contribution in [2.75, 3.05) is 0 Å². The van der Waals surface area contributed by atoms with Crippen LogP contribution in [0.3, 0.4) is 0 Å². The van der Waals surface area contributed by atoms with Gasteiger partial charge in [-0.05, 0) is 130 Å². The van der Waals surface area contributed by atoms with Gasteiger partial charge in [0, 0.05) is 12.5 Å². The van der Waals surface area contributed by atoms with Crippen LogP contribution in [-0.4, -0.2) is 69.8 Å². The van der Waals surface area contributed by atoms with Gasteiger partial charge in [-0.25, -0.2) is 0 Å². The Hall–Kier alpha value is -0.862. The van der Waals surface area contributed by atoms with Gasteiger partial charge in [0.15, 0.2) is 33.3 Å². The number of carbonyl (C=O) groups excluding carboxylic acids is 1. The molecule has 1 rings (SSSR count). The van der Waals surface area contributed by atoms with Gasteiger partial charge in [-0.1, -0.05) is 133 Å². The first-order valence-electron chi connectivity index (χ1n) is 24.8. The number of hydrogen-bond donors (Lipinski definition) is 0. The first-order valence-corrected chi connectivity index (χ1v) is 34.9. The van der Waals surface area contributed by atoms with E-state index in [-0.39, 0.29) is 36.5 Å². The van der Waals surface area contributed by atoms with E-state index in [1.54, 1.807) is 0 Å². The molecule has 0 amide bonds. The molecule has 0 aliphatic carbocycles. The Balaban J connectivity index is 3.41. The number of ether oxygens (including phenoxy) is 1. The lowest BCUT2D eigenvalue weighted by Gasteiger charge is -2.34. The van der Waals surface area contributed by atoms with Gasteiger partial charge in [0.25, 0.3) is 0 Å². The number of esters is 1. The molecule has 0 aromatic rings. The zero-order valence-electron chi connectivity index (χ0n) is 41.0. The second-order valence-electron chi connectivity index (χ2n) is 17.8. The molecule has 1 saturated heterocycles. The van der Waals surface area contributed by atoms with Gasteiger partial charge in [-0.2, -0.15) is 0 Å². The van der Waals surface area contributed by atoms with Gasteiger partial charge in [-0.3, -0.25) is 4.79 Å². The molecule has 0 saturated carbocycles. The summed E-state index contributed by atoms with van der Waals surface area (Å²) < 4.78 is 34.2. The fourth-order valence-corrected chi connectivity index (χ4v) is 20.5. The van der Waals surface area contributed by atoms with Crippen LogP contribution >= 0.6 is 0 Å². The lowest BCUT2D eigenvalue weighted by atomic mass is 9.94. The van der Waals surface area contributed by atoms with Crippen LogP contribution in [0, 0.1) is 5.92 Å². The van der Waals surface area contributed by atoms with Gasteiger partial charge >= 0.3 is 5.97 Å². The number of rotatable bonds is 35. The maximum absolute atomic E-state index is 12.2. The molecule has 344 valence electrons. The van der Waals surface area contributed by atoms with Crippen molar-refractivity contribution in [1.29, 1.82) is 0 Å². The summed E-state index contributed by atoms with van der Waals surface area (Å²) >= 11 is 0. The van der Waals surface area contributed by atoms with Crippen molar-refractivity contribution in [1.82, 2.24) is 0 Å². The Labute approximate surface area is 370 Å². The monoisotopic (exact) mass is 893 g/mol. The number of cyclic esters (lactones) is 1. The zero-order chi connectivity index (χ0) is 44.4. The maximum atomic E-state index is 12.2. The van der Waals surface area contributed by atoms with Crippen LogP contribution in [0.1, 0.15) is 148 Å². The Morgan fingerprint density at radius 3 is 1.29 bits per heavy atom. The zero-order valence-corrected chi connectivity index (χ0v) is 45.0. The third-order valence-electron chi connectivity index (χ3n) is 14.5. The highest BCUT2D eigenvalue weighted by atomic mass is 28.4. The molecule has 59 heavy (non-hydrogen) atoms. The normalized spacial score (nSPS) is 19.4. The first-order chi connectivity index (χ1) is 28.3. The Bertz CT molecular complexity index is 1170. The summed E-state index contributed by atoms with van der Waals surface area (Å²) in [5.74, 6) is 0.371. The van der Waals surface area contributed by atoms with Gasteiger partial charge in [-0.15, -0.1) is 6.58 Å². The van der Waals surface area contributed by atoms with Crippen LogP contribution in [0.25, 0.3) is 0 Å². The molecule has 10 heteroatoms. The van der Waals surface area contributed by atoms with E-state index < -0.39 is 33.3 Å². The van der Waals surface area contributed by atoms with Crippen molar-refractivity contribution in [2.45, 2.75) is 251 Å². The summed E-state index contributed by atoms with van der Waals surface area (Å²) in [5, 5.41) is 0. The Morgan fingerprint density at radius 2 is 0.932 bits per heavy atom. The van der Waals surface area contributed by atoms with Gasteiger partial charge < -0.3 is 22.4 Å². The van der Waals surface area contributed by atoms with E-state index in [9.17, 15) is 4.79 Å². The topological polar surface area (TPSA) is 63.2 Å². The summed E-state index contributed by atoms with van der Waals surface area (Å²) in [4.78, 5) is 12.2. The SMILES string of the molecule is C=CC[C@@H](/C=C\C[C@@H](/C=C/C[C@@H](/C=C/C[C@@H](CCC[C@H]1C[C@H](C)CC(=O)O1)O[Si](CC)(CC)CC)O[Si](CC)(CC)CC)O[Si](CC)(CC)CC)O[Si](CC)(CC)CC. The summed E-state index contributed by atoms with van der Waals surface area (Å²) in [6.07, 6.45) is 24.3. The predicted octanol–water partition coefficient (Wildman–Crippen LogP) is 15.5. The van der Waals surface area contributed by atoms with E-state index >= 15 is 0 Å².